The Morgan fingerprint density at radius 2 is 1.73 bits per heavy atom. The predicted molar refractivity (Wildman–Crippen MR) is 88.5 cm³/mol. The summed E-state index contributed by atoms with van der Waals surface area (Å²) < 4.78 is 0. The van der Waals surface area contributed by atoms with E-state index in [2.05, 4.69) is 9.97 Å². The number of Topliss-reactive ketones (excluding diaryl/α,β-unsaturated/α-hetero) is 1. The molecule has 110 valence electrons. The zero-order chi connectivity index (χ0) is 15.5. The molecule has 0 radical (unpaired) electrons. The first kappa shape index (κ1) is 14.1. The summed E-state index contributed by atoms with van der Waals surface area (Å²) in [6, 6.07) is 17.0. The number of hydrogen-bond acceptors (Lipinski definition) is 3. The van der Waals surface area contributed by atoms with E-state index in [0.29, 0.717) is 17.0 Å². The highest BCUT2D eigenvalue weighted by Crippen LogP contribution is 2.21. The zero-order valence-electron chi connectivity index (χ0n) is 12.6. The first-order valence-corrected chi connectivity index (χ1v) is 7.08. The van der Waals surface area contributed by atoms with Crippen molar-refractivity contribution in [2.45, 2.75) is 0 Å². The van der Waals surface area contributed by atoms with Crippen LogP contribution in [0.15, 0.2) is 60.8 Å². The lowest BCUT2D eigenvalue weighted by Crippen LogP contribution is -2.10. The molecule has 22 heavy (non-hydrogen) atoms. The largest absolute Gasteiger partial charge is 0.383 e. The van der Waals surface area contributed by atoms with Crippen molar-refractivity contribution in [2.75, 3.05) is 14.1 Å². The third-order valence-corrected chi connectivity index (χ3v) is 3.31. The van der Waals surface area contributed by atoms with Crippen molar-refractivity contribution >= 4 is 22.4 Å². The molecular weight excluding hydrogens is 274 g/mol. The molecular formula is C18H17N3O. The van der Waals surface area contributed by atoms with Crippen LogP contribution >= 0.6 is 0 Å². The molecule has 1 heterocycles. The van der Waals surface area contributed by atoms with Crippen LogP contribution < -0.4 is 0 Å². The Kier molecular flexibility index (Phi) is 3.74. The topological polar surface area (TPSA) is 49.0 Å². The van der Waals surface area contributed by atoms with Crippen molar-refractivity contribution in [1.29, 1.82) is 0 Å². The van der Waals surface area contributed by atoms with Gasteiger partial charge in [-0.1, -0.05) is 42.5 Å². The monoisotopic (exact) mass is 291 g/mol. The van der Waals surface area contributed by atoms with E-state index in [1.807, 2.05) is 73.6 Å². The van der Waals surface area contributed by atoms with E-state index in [1.165, 1.54) is 0 Å². The molecule has 0 unspecified atom stereocenters. The smallest absolute Gasteiger partial charge is 0.198 e. The number of nitrogens with one attached hydrogen (secondary N) is 1. The summed E-state index contributed by atoms with van der Waals surface area (Å²) in [7, 11) is 3.78. The van der Waals surface area contributed by atoms with E-state index < -0.39 is 0 Å². The minimum atomic E-state index is -0.0478. The number of hydrogen-bond donors (Lipinski definition) is 1. The fourth-order valence-electron chi connectivity index (χ4n) is 2.31. The van der Waals surface area contributed by atoms with E-state index in [9.17, 15) is 4.79 Å². The summed E-state index contributed by atoms with van der Waals surface area (Å²) in [5.74, 6) is 0.539. The second kappa shape index (κ2) is 5.85. The molecule has 4 nitrogen and oxygen atoms in total. The summed E-state index contributed by atoms with van der Waals surface area (Å²) in [4.78, 5) is 22.4. The molecule has 1 aromatic heterocycles. The van der Waals surface area contributed by atoms with Gasteiger partial charge in [-0.15, -0.1) is 0 Å². The van der Waals surface area contributed by atoms with Gasteiger partial charge in [-0.05, 0) is 12.1 Å². The molecule has 4 heteroatoms. The van der Waals surface area contributed by atoms with Crippen LogP contribution in [0.4, 0.5) is 0 Å². The van der Waals surface area contributed by atoms with Crippen molar-refractivity contribution < 1.29 is 4.79 Å². The van der Waals surface area contributed by atoms with Gasteiger partial charge in [0, 0.05) is 25.9 Å². The Morgan fingerprint density at radius 1 is 1.05 bits per heavy atom. The first-order chi connectivity index (χ1) is 10.6. The third kappa shape index (κ3) is 2.76. The lowest BCUT2D eigenvalue weighted by Gasteiger charge is -2.09. The van der Waals surface area contributed by atoms with Crippen LogP contribution in [0.3, 0.4) is 0 Å². The number of nitrogens with zero attached hydrogens (tertiary/aromatic N) is 2. The van der Waals surface area contributed by atoms with Crippen molar-refractivity contribution in [3.63, 3.8) is 0 Å². The number of allylic oxidation sites excluding steroid dienone is 1. The lowest BCUT2D eigenvalue weighted by atomic mass is 10.0. The first-order valence-electron chi connectivity index (χ1n) is 7.08. The highest BCUT2D eigenvalue weighted by Gasteiger charge is 2.18. The molecule has 0 spiro atoms. The molecule has 0 amide bonds. The van der Waals surface area contributed by atoms with Gasteiger partial charge in [0.05, 0.1) is 16.6 Å². The number of aromatic nitrogens is 2. The summed E-state index contributed by atoms with van der Waals surface area (Å²) >= 11 is 0. The molecule has 0 bridgehead atoms. The average Bonchev–Trinajstić information content (AvgIpc) is 2.96. The molecule has 3 rings (SSSR count). The van der Waals surface area contributed by atoms with Gasteiger partial charge in [0.2, 0.25) is 0 Å². The fourth-order valence-corrected chi connectivity index (χ4v) is 2.31. The minimum Gasteiger partial charge on any atom is -0.383 e. The van der Waals surface area contributed by atoms with Crippen molar-refractivity contribution in [3.05, 3.63) is 72.2 Å². The number of para-hydroxylation sites is 2. The molecule has 0 aliphatic rings. The Bertz CT molecular complexity index is 799. The Balaban J connectivity index is 2.09. The van der Waals surface area contributed by atoms with Crippen LogP contribution in [0, 0.1) is 0 Å². The number of benzene rings is 2. The van der Waals surface area contributed by atoms with Crippen LogP contribution in [0.2, 0.25) is 0 Å². The van der Waals surface area contributed by atoms with Gasteiger partial charge in [-0.25, -0.2) is 4.98 Å². The second-order valence-corrected chi connectivity index (χ2v) is 5.30. The van der Waals surface area contributed by atoms with Gasteiger partial charge >= 0.3 is 0 Å². The Hall–Kier alpha value is -2.88. The SMILES string of the molecule is CN(C)/C=C(/C(=O)c1ccccc1)c1nc2ccccc2[nH]1. The predicted octanol–water partition coefficient (Wildman–Crippen LogP) is 3.35. The van der Waals surface area contributed by atoms with Gasteiger partial charge in [-0.3, -0.25) is 4.79 Å². The number of imidazole rings is 1. The van der Waals surface area contributed by atoms with Crippen LogP contribution in [0.1, 0.15) is 16.2 Å². The number of aromatic amines is 1. The molecule has 0 fully saturated rings. The maximum Gasteiger partial charge on any atom is 0.198 e. The summed E-state index contributed by atoms with van der Waals surface area (Å²) in [6.45, 7) is 0. The van der Waals surface area contributed by atoms with Crippen LogP contribution in [0.25, 0.3) is 16.6 Å². The summed E-state index contributed by atoms with van der Waals surface area (Å²) in [5, 5.41) is 0. The molecule has 0 atom stereocenters. The summed E-state index contributed by atoms with van der Waals surface area (Å²) in [6.07, 6.45) is 1.80. The molecule has 0 aliphatic heterocycles. The minimum absolute atomic E-state index is 0.0478. The molecule has 0 aliphatic carbocycles. The standard InChI is InChI=1S/C18H17N3O/c1-21(2)12-14(17(22)13-8-4-3-5-9-13)18-19-15-10-6-7-11-16(15)20-18/h3-12H,1-2H3,(H,19,20)/b14-12-. The van der Waals surface area contributed by atoms with Crippen LogP contribution in [-0.4, -0.2) is 34.7 Å². The number of carbonyl (C=O) groups excluding carboxylic acids is 1. The molecule has 0 saturated heterocycles. The van der Waals surface area contributed by atoms with E-state index in [-0.39, 0.29) is 5.78 Å². The lowest BCUT2D eigenvalue weighted by molar-refractivity contribution is 0.105. The molecule has 0 saturated carbocycles. The second-order valence-electron chi connectivity index (χ2n) is 5.30. The number of ketones is 1. The quantitative estimate of drug-likeness (QED) is 0.592. The van der Waals surface area contributed by atoms with Crippen LogP contribution in [0.5, 0.6) is 0 Å². The van der Waals surface area contributed by atoms with Crippen LogP contribution in [-0.2, 0) is 0 Å². The Morgan fingerprint density at radius 3 is 2.41 bits per heavy atom. The van der Waals surface area contributed by atoms with E-state index >= 15 is 0 Å². The van der Waals surface area contributed by atoms with Crippen molar-refractivity contribution in [2.24, 2.45) is 0 Å². The number of rotatable bonds is 4. The number of fused-ring (bicyclic) bond motifs is 1. The van der Waals surface area contributed by atoms with E-state index in [4.69, 9.17) is 0 Å². The third-order valence-electron chi connectivity index (χ3n) is 3.31. The van der Waals surface area contributed by atoms with Gasteiger partial charge in [0.25, 0.3) is 0 Å². The maximum absolute atomic E-state index is 12.8. The molecule has 2 aromatic carbocycles. The van der Waals surface area contributed by atoms with E-state index in [1.54, 1.807) is 6.20 Å². The van der Waals surface area contributed by atoms with Gasteiger partial charge in [0.1, 0.15) is 5.82 Å². The van der Waals surface area contributed by atoms with Crippen molar-refractivity contribution in [1.82, 2.24) is 14.9 Å². The maximum atomic E-state index is 12.8. The highest BCUT2D eigenvalue weighted by atomic mass is 16.1. The number of H-pyrrole nitrogens is 1. The summed E-state index contributed by atoms with van der Waals surface area (Å²) in [5.41, 5.74) is 2.97. The van der Waals surface area contributed by atoms with Gasteiger partial charge < -0.3 is 9.88 Å². The average molecular weight is 291 g/mol. The molecule has 1 N–H and O–H groups in total. The van der Waals surface area contributed by atoms with Crippen molar-refractivity contribution in [3.8, 4) is 0 Å². The normalized spacial score (nSPS) is 11.6. The van der Waals surface area contributed by atoms with Gasteiger partial charge in [-0.2, -0.15) is 0 Å². The highest BCUT2D eigenvalue weighted by molar-refractivity contribution is 6.28. The molecule has 3 aromatic rings. The van der Waals surface area contributed by atoms with E-state index in [0.717, 1.165) is 11.0 Å². The van der Waals surface area contributed by atoms with Gasteiger partial charge in [0.15, 0.2) is 5.78 Å². The Labute approximate surface area is 129 Å². The number of carbonyl (C=O) groups is 1. The fraction of sp³-hybridized carbons (Fsp3) is 0.111. The zero-order valence-corrected chi connectivity index (χ0v) is 12.6.